The molecular formula is C27H22ClN3O5S. The molecule has 0 aliphatic rings. The van der Waals surface area contributed by atoms with Crippen LogP contribution in [0.3, 0.4) is 0 Å². The van der Waals surface area contributed by atoms with E-state index in [4.69, 9.17) is 21.1 Å². The third-order valence-electron chi connectivity index (χ3n) is 5.95. The van der Waals surface area contributed by atoms with Gasteiger partial charge >= 0.3 is 0 Å². The van der Waals surface area contributed by atoms with Crippen molar-refractivity contribution in [1.82, 2.24) is 8.96 Å². The van der Waals surface area contributed by atoms with Gasteiger partial charge in [-0.1, -0.05) is 40.5 Å². The highest BCUT2D eigenvalue weighted by Crippen LogP contribution is 2.41. The fourth-order valence-electron chi connectivity index (χ4n) is 4.30. The van der Waals surface area contributed by atoms with Crippen LogP contribution in [0.2, 0.25) is 5.02 Å². The summed E-state index contributed by atoms with van der Waals surface area (Å²) in [6.07, 6.45) is 2.64. The molecule has 37 heavy (non-hydrogen) atoms. The van der Waals surface area contributed by atoms with Gasteiger partial charge in [-0.2, -0.15) is 0 Å². The molecule has 0 aliphatic carbocycles. The van der Waals surface area contributed by atoms with Crippen molar-refractivity contribution in [3.8, 4) is 11.5 Å². The van der Waals surface area contributed by atoms with E-state index < -0.39 is 10.0 Å². The van der Waals surface area contributed by atoms with Crippen molar-refractivity contribution >= 4 is 49.6 Å². The molecule has 3 aromatic carbocycles. The van der Waals surface area contributed by atoms with E-state index in [9.17, 15) is 13.6 Å². The first-order chi connectivity index (χ1) is 17.8. The van der Waals surface area contributed by atoms with Gasteiger partial charge in [-0.15, -0.1) is 0 Å². The van der Waals surface area contributed by atoms with Crippen molar-refractivity contribution in [2.45, 2.75) is 18.4 Å². The standard InChI is InChI=1S/C27H22ClN3O5S/c1-17-6-12-20(13-7-17)37(33,34)31-23-4-3-5-25(36-19-10-8-18(28)9-11-19)27(23)26-21(16-35-2)22(14-30-32)29-15-24(26)31/h3-15,32H,16H2,1-2H3/b30-14-. The largest absolute Gasteiger partial charge is 0.457 e. The molecule has 0 atom stereocenters. The molecule has 0 amide bonds. The molecule has 0 saturated heterocycles. The molecule has 0 unspecified atom stereocenters. The van der Waals surface area contributed by atoms with E-state index in [2.05, 4.69) is 10.1 Å². The Labute approximate surface area is 218 Å². The fourth-order valence-corrected chi connectivity index (χ4v) is 5.93. The maximum absolute atomic E-state index is 14.0. The van der Waals surface area contributed by atoms with Crippen LogP contribution in [0, 0.1) is 6.92 Å². The van der Waals surface area contributed by atoms with Crippen molar-refractivity contribution in [1.29, 1.82) is 0 Å². The summed E-state index contributed by atoms with van der Waals surface area (Å²) in [4.78, 5) is 4.52. The van der Waals surface area contributed by atoms with Crippen LogP contribution < -0.4 is 4.74 Å². The summed E-state index contributed by atoms with van der Waals surface area (Å²) in [7, 11) is -2.52. The fraction of sp³-hybridized carbons (Fsp3) is 0.111. The molecule has 2 heterocycles. The van der Waals surface area contributed by atoms with Crippen LogP contribution in [0.25, 0.3) is 21.8 Å². The maximum atomic E-state index is 14.0. The van der Waals surface area contributed by atoms with Gasteiger partial charge in [0.15, 0.2) is 0 Å². The number of rotatable bonds is 7. The quantitative estimate of drug-likeness (QED) is 0.153. The van der Waals surface area contributed by atoms with Gasteiger partial charge in [-0.05, 0) is 55.5 Å². The Bertz CT molecular complexity index is 1750. The number of aromatic nitrogens is 2. The zero-order valence-electron chi connectivity index (χ0n) is 19.9. The van der Waals surface area contributed by atoms with E-state index in [1.165, 1.54) is 23.5 Å². The van der Waals surface area contributed by atoms with Crippen LogP contribution in [0.1, 0.15) is 16.8 Å². The number of aryl methyl sites for hydroxylation is 1. The lowest BCUT2D eigenvalue weighted by atomic mass is 10.1. The van der Waals surface area contributed by atoms with E-state index in [-0.39, 0.29) is 11.5 Å². The number of methoxy groups -OCH3 is 1. The van der Waals surface area contributed by atoms with Gasteiger partial charge in [0.2, 0.25) is 0 Å². The van der Waals surface area contributed by atoms with Gasteiger partial charge in [0.1, 0.15) is 11.5 Å². The van der Waals surface area contributed by atoms with E-state index in [0.717, 1.165) is 5.56 Å². The summed E-state index contributed by atoms with van der Waals surface area (Å²) in [5.74, 6) is 0.955. The second-order valence-electron chi connectivity index (χ2n) is 8.35. The van der Waals surface area contributed by atoms with Crippen molar-refractivity contribution in [2.24, 2.45) is 5.16 Å². The number of hydrogen-bond donors (Lipinski definition) is 1. The summed E-state index contributed by atoms with van der Waals surface area (Å²) in [5.41, 5.74) is 2.57. The molecule has 5 rings (SSSR count). The zero-order valence-corrected chi connectivity index (χ0v) is 21.5. The van der Waals surface area contributed by atoms with E-state index in [0.29, 0.717) is 49.6 Å². The number of hydrogen-bond acceptors (Lipinski definition) is 7. The van der Waals surface area contributed by atoms with Crippen LogP contribution in [0.4, 0.5) is 0 Å². The zero-order chi connectivity index (χ0) is 26.2. The predicted molar refractivity (Wildman–Crippen MR) is 143 cm³/mol. The molecule has 0 aliphatic heterocycles. The normalized spacial score (nSPS) is 12.1. The van der Waals surface area contributed by atoms with Crippen LogP contribution in [0.5, 0.6) is 11.5 Å². The lowest BCUT2D eigenvalue weighted by Crippen LogP contribution is -2.13. The molecule has 0 fully saturated rings. The molecule has 188 valence electrons. The lowest BCUT2D eigenvalue weighted by molar-refractivity contribution is 0.185. The average Bonchev–Trinajstić information content (AvgIpc) is 3.23. The highest BCUT2D eigenvalue weighted by molar-refractivity contribution is 7.90. The summed E-state index contributed by atoms with van der Waals surface area (Å²) >= 11 is 6.03. The molecule has 10 heteroatoms. The predicted octanol–water partition coefficient (Wildman–Crippen LogP) is 6.14. The van der Waals surface area contributed by atoms with Gasteiger partial charge in [-0.3, -0.25) is 4.98 Å². The number of fused-ring (bicyclic) bond motifs is 3. The lowest BCUT2D eigenvalue weighted by Gasteiger charge is -2.11. The molecule has 0 bridgehead atoms. The second-order valence-corrected chi connectivity index (χ2v) is 10.6. The Morgan fingerprint density at radius 2 is 1.76 bits per heavy atom. The minimum Gasteiger partial charge on any atom is -0.457 e. The van der Waals surface area contributed by atoms with E-state index in [1.807, 2.05) is 6.92 Å². The Hall–Kier alpha value is -3.92. The third-order valence-corrected chi connectivity index (χ3v) is 7.95. The van der Waals surface area contributed by atoms with E-state index >= 15 is 0 Å². The third kappa shape index (κ3) is 4.42. The number of pyridine rings is 1. The Morgan fingerprint density at radius 1 is 1.03 bits per heavy atom. The number of nitrogens with zero attached hydrogens (tertiary/aromatic N) is 3. The number of oxime groups is 1. The molecule has 5 aromatic rings. The molecular weight excluding hydrogens is 514 g/mol. The van der Waals surface area contributed by atoms with Gasteiger partial charge in [-0.25, -0.2) is 12.4 Å². The van der Waals surface area contributed by atoms with Gasteiger partial charge in [0.25, 0.3) is 10.0 Å². The molecule has 1 N–H and O–H groups in total. The van der Waals surface area contributed by atoms with Gasteiger partial charge in [0, 0.05) is 23.1 Å². The molecule has 8 nitrogen and oxygen atoms in total. The Balaban J connectivity index is 1.89. The summed E-state index contributed by atoms with van der Waals surface area (Å²) in [6.45, 7) is 1.98. The van der Waals surface area contributed by atoms with Crippen LogP contribution in [0.15, 0.2) is 83.0 Å². The van der Waals surface area contributed by atoms with Crippen LogP contribution >= 0.6 is 11.6 Å². The molecule has 0 spiro atoms. The van der Waals surface area contributed by atoms with Crippen molar-refractivity contribution in [2.75, 3.05) is 7.11 Å². The van der Waals surface area contributed by atoms with Gasteiger partial charge in [0.05, 0.1) is 46.0 Å². The first-order valence-electron chi connectivity index (χ1n) is 11.2. The number of benzene rings is 3. The minimum absolute atomic E-state index is 0.0880. The summed E-state index contributed by atoms with van der Waals surface area (Å²) in [5, 5.41) is 14.0. The van der Waals surface area contributed by atoms with E-state index in [1.54, 1.807) is 66.7 Å². The monoisotopic (exact) mass is 535 g/mol. The van der Waals surface area contributed by atoms with Crippen LogP contribution in [-0.4, -0.2) is 35.9 Å². The highest BCUT2D eigenvalue weighted by atomic mass is 35.5. The molecule has 0 saturated carbocycles. The van der Waals surface area contributed by atoms with Crippen molar-refractivity contribution in [3.05, 3.63) is 94.8 Å². The topological polar surface area (TPSA) is 103 Å². The maximum Gasteiger partial charge on any atom is 0.268 e. The van der Waals surface area contributed by atoms with Crippen molar-refractivity contribution < 1.29 is 23.1 Å². The molecule has 2 aromatic heterocycles. The number of ether oxygens (including phenoxy) is 2. The highest BCUT2D eigenvalue weighted by Gasteiger charge is 2.27. The second kappa shape index (κ2) is 9.85. The van der Waals surface area contributed by atoms with Crippen molar-refractivity contribution in [3.63, 3.8) is 0 Å². The summed E-state index contributed by atoms with van der Waals surface area (Å²) in [6, 6.07) is 18.7. The molecule has 0 radical (unpaired) electrons. The average molecular weight is 536 g/mol. The first-order valence-corrected chi connectivity index (χ1v) is 13.0. The Morgan fingerprint density at radius 3 is 2.43 bits per heavy atom. The Kier molecular flexibility index (Phi) is 6.59. The summed E-state index contributed by atoms with van der Waals surface area (Å²) < 4.78 is 40.9. The smallest absolute Gasteiger partial charge is 0.268 e. The minimum atomic E-state index is -4.04. The SMILES string of the molecule is COCc1c(/C=N\O)ncc2c1c1c(Oc3ccc(Cl)cc3)cccc1n2S(=O)(=O)c1ccc(C)cc1. The number of halogens is 1. The van der Waals surface area contributed by atoms with Crippen LogP contribution in [-0.2, 0) is 21.4 Å². The first kappa shape index (κ1) is 24.8. The van der Waals surface area contributed by atoms with Gasteiger partial charge < -0.3 is 14.7 Å².